The van der Waals surface area contributed by atoms with Gasteiger partial charge < -0.3 is 24.4 Å². The minimum Gasteiger partial charge on any atom is -0.480 e. The van der Waals surface area contributed by atoms with Crippen LogP contribution in [0.5, 0.6) is 0 Å². The highest BCUT2D eigenvalue weighted by molar-refractivity contribution is 5.83. The van der Waals surface area contributed by atoms with Gasteiger partial charge in [0.15, 0.2) is 6.04 Å². The minimum absolute atomic E-state index is 0.00739. The number of hydrogen-bond acceptors (Lipinski definition) is 4. The van der Waals surface area contributed by atoms with Gasteiger partial charge in [0.2, 0.25) is 0 Å². The molecule has 18 heavy (non-hydrogen) atoms. The van der Waals surface area contributed by atoms with Crippen LogP contribution in [-0.2, 0) is 14.3 Å². The third-order valence-electron chi connectivity index (χ3n) is 3.17. The fourth-order valence-electron chi connectivity index (χ4n) is 2.21. The second-order valence-electron chi connectivity index (χ2n) is 4.53. The van der Waals surface area contributed by atoms with E-state index in [-0.39, 0.29) is 18.7 Å². The summed E-state index contributed by atoms with van der Waals surface area (Å²) < 4.78 is 10.5. The van der Waals surface area contributed by atoms with E-state index in [0.717, 1.165) is 0 Å². The molecule has 2 atom stereocenters. The molecular formula is C11H18N2O5. The Balaban J connectivity index is 2.03. The van der Waals surface area contributed by atoms with E-state index in [1.54, 1.807) is 4.90 Å². The number of nitrogens with zero attached hydrogens (tertiary/aromatic N) is 2. The molecule has 2 fully saturated rings. The highest BCUT2D eigenvalue weighted by Crippen LogP contribution is 2.13. The fourth-order valence-corrected chi connectivity index (χ4v) is 2.21. The average Bonchev–Trinajstić information content (AvgIpc) is 2.38. The molecule has 7 nitrogen and oxygen atoms in total. The van der Waals surface area contributed by atoms with E-state index >= 15 is 0 Å². The number of carbonyl (C=O) groups is 2. The predicted molar refractivity (Wildman–Crippen MR) is 61.3 cm³/mol. The van der Waals surface area contributed by atoms with Crippen molar-refractivity contribution in [1.29, 1.82) is 0 Å². The quantitative estimate of drug-likeness (QED) is 0.693. The lowest BCUT2D eigenvalue weighted by Gasteiger charge is -2.39. The smallest absolute Gasteiger partial charge is 0.328 e. The Hall–Kier alpha value is -1.34. The molecule has 0 aromatic rings. The standard InChI is InChI=1S/C11H18N2O5/c1-8-6-12(2-5-18-8)11(16)13-3-4-17-7-9(13)10(14)15/h8-9H,2-7H2,1H3,(H,14,15). The number of aliphatic carboxylic acids is 1. The number of morpholine rings is 2. The van der Waals surface area contributed by atoms with E-state index in [2.05, 4.69) is 0 Å². The highest BCUT2D eigenvalue weighted by atomic mass is 16.5. The predicted octanol–water partition coefficient (Wildman–Crippen LogP) is -0.387. The Morgan fingerprint density at radius 3 is 2.72 bits per heavy atom. The van der Waals surface area contributed by atoms with Crippen molar-refractivity contribution in [2.45, 2.75) is 19.1 Å². The number of urea groups is 1. The van der Waals surface area contributed by atoms with Crippen molar-refractivity contribution >= 4 is 12.0 Å². The molecule has 0 bridgehead atoms. The number of hydrogen-bond donors (Lipinski definition) is 1. The first-order chi connectivity index (χ1) is 8.59. The van der Waals surface area contributed by atoms with Gasteiger partial charge in [0.05, 0.1) is 25.9 Å². The van der Waals surface area contributed by atoms with Gasteiger partial charge in [-0.2, -0.15) is 0 Å². The van der Waals surface area contributed by atoms with Gasteiger partial charge in [-0.05, 0) is 6.92 Å². The van der Waals surface area contributed by atoms with Gasteiger partial charge in [-0.1, -0.05) is 0 Å². The van der Waals surface area contributed by atoms with Crippen LogP contribution < -0.4 is 0 Å². The molecule has 0 aromatic heterocycles. The largest absolute Gasteiger partial charge is 0.480 e. The molecule has 2 unspecified atom stereocenters. The lowest BCUT2D eigenvalue weighted by atomic mass is 10.2. The van der Waals surface area contributed by atoms with Gasteiger partial charge in [0.1, 0.15) is 0 Å². The molecular weight excluding hydrogens is 240 g/mol. The molecule has 2 aliphatic heterocycles. The molecule has 0 saturated carbocycles. The summed E-state index contributed by atoms with van der Waals surface area (Å²) in [6.45, 7) is 4.16. The summed E-state index contributed by atoms with van der Waals surface area (Å²) in [4.78, 5) is 26.4. The van der Waals surface area contributed by atoms with Crippen molar-refractivity contribution in [3.63, 3.8) is 0 Å². The number of amides is 2. The number of rotatable bonds is 1. The Labute approximate surface area is 105 Å². The molecule has 2 rings (SSSR count). The van der Waals surface area contributed by atoms with E-state index < -0.39 is 12.0 Å². The van der Waals surface area contributed by atoms with Crippen LogP contribution in [-0.4, -0.2) is 78.5 Å². The van der Waals surface area contributed by atoms with E-state index in [4.69, 9.17) is 14.6 Å². The maximum atomic E-state index is 12.3. The van der Waals surface area contributed by atoms with Crippen LogP contribution in [0.15, 0.2) is 0 Å². The van der Waals surface area contributed by atoms with Crippen molar-refractivity contribution in [1.82, 2.24) is 9.80 Å². The Bertz CT molecular complexity index is 335. The topological polar surface area (TPSA) is 79.3 Å². The third kappa shape index (κ3) is 2.73. The van der Waals surface area contributed by atoms with Crippen LogP contribution in [0.1, 0.15) is 6.92 Å². The Morgan fingerprint density at radius 2 is 2.06 bits per heavy atom. The molecule has 0 aromatic carbocycles. The van der Waals surface area contributed by atoms with Gasteiger partial charge in [0, 0.05) is 19.6 Å². The molecule has 0 spiro atoms. The van der Waals surface area contributed by atoms with Crippen LogP contribution in [0.25, 0.3) is 0 Å². The summed E-state index contributed by atoms with van der Waals surface area (Å²) in [5, 5.41) is 9.09. The molecule has 7 heteroatoms. The summed E-state index contributed by atoms with van der Waals surface area (Å²) >= 11 is 0. The van der Waals surface area contributed by atoms with Crippen LogP contribution in [0.2, 0.25) is 0 Å². The van der Waals surface area contributed by atoms with E-state index in [0.29, 0.717) is 32.8 Å². The monoisotopic (exact) mass is 258 g/mol. The fraction of sp³-hybridized carbons (Fsp3) is 0.818. The van der Waals surface area contributed by atoms with E-state index in [1.165, 1.54) is 4.90 Å². The van der Waals surface area contributed by atoms with Crippen molar-refractivity contribution in [3.8, 4) is 0 Å². The van der Waals surface area contributed by atoms with Crippen molar-refractivity contribution in [3.05, 3.63) is 0 Å². The molecule has 102 valence electrons. The van der Waals surface area contributed by atoms with Gasteiger partial charge in [0.25, 0.3) is 0 Å². The minimum atomic E-state index is -1.02. The second-order valence-corrected chi connectivity index (χ2v) is 4.53. The van der Waals surface area contributed by atoms with Crippen molar-refractivity contribution in [2.75, 3.05) is 39.5 Å². The first-order valence-corrected chi connectivity index (χ1v) is 6.07. The highest BCUT2D eigenvalue weighted by Gasteiger charge is 2.36. The Kier molecular flexibility index (Phi) is 4.03. The number of carbonyl (C=O) groups excluding carboxylic acids is 1. The van der Waals surface area contributed by atoms with Gasteiger partial charge in [-0.3, -0.25) is 0 Å². The number of carboxylic acid groups (broad SMARTS) is 1. The van der Waals surface area contributed by atoms with E-state index in [9.17, 15) is 9.59 Å². The SMILES string of the molecule is CC1CN(C(=O)N2CCOCC2C(=O)O)CCO1. The molecule has 0 radical (unpaired) electrons. The third-order valence-corrected chi connectivity index (χ3v) is 3.17. The molecule has 2 aliphatic rings. The van der Waals surface area contributed by atoms with Crippen molar-refractivity contribution in [2.24, 2.45) is 0 Å². The van der Waals surface area contributed by atoms with Gasteiger partial charge in [-0.25, -0.2) is 9.59 Å². The lowest BCUT2D eigenvalue weighted by molar-refractivity contribution is -0.147. The zero-order chi connectivity index (χ0) is 13.1. The van der Waals surface area contributed by atoms with Crippen LogP contribution in [0, 0.1) is 0 Å². The molecule has 1 N–H and O–H groups in total. The van der Waals surface area contributed by atoms with Crippen LogP contribution in [0.3, 0.4) is 0 Å². The molecule has 0 aliphatic carbocycles. The first-order valence-electron chi connectivity index (χ1n) is 6.07. The summed E-state index contributed by atoms with van der Waals surface area (Å²) in [7, 11) is 0. The molecule has 2 saturated heterocycles. The van der Waals surface area contributed by atoms with Gasteiger partial charge >= 0.3 is 12.0 Å². The number of ether oxygens (including phenoxy) is 2. The molecule has 2 heterocycles. The van der Waals surface area contributed by atoms with E-state index in [1.807, 2.05) is 6.92 Å². The summed E-state index contributed by atoms with van der Waals surface area (Å²) in [5.41, 5.74) is 0. The maximum absolute atomic E-state index is 12.3. The molecule has 2 amide bonds. The summed E-state index contributed by atoms with van der Waals surface area (Å²) in [6.07, 6.45) is -0.00739. The maximum Gasteiger partial charge on any atom is 0.328 e. The van der Waals surface area contributed by atoms with Gasteiger partial charge in [-0.15, -0.1) is 0 Å². The second kappa shape index (κ2) is 5.53. The summed E-state index contributed by atoms with van der Waals surface area (Å²) in [5.74, 6) is -1.02. The zero-order valence-electron chi connectivity index (χ0n) is 10.4. The van der Waals surface area contributed by atoms with Crippen LogP contribution in [0.4, 0.5) is 4.79 Å². The average molecular weight is 258 g/mol. The normalized spacial score (nSPS) is 29.2. The number of carboxylic acids is 1. The van der Waals surface area contributed by atoms with Crippen molar-refractivity contribution < 1.29 is 24.2 Å². The first kappa shape index (κ1) is 13.1. The zero-order valence-corrected chi connectivity index (χ0v) is 10.4. The summed E-state index contributed by atoms with van der Waals surface area (Å²) in [6, 6.07) is -1.12. The lowest BCUT2D eigenvalue weighted by Crippen LogP contribution is -2.58. The Morgan fingerprint density at radius 1 is 1.28 bits per heavy atom. The van der Waals surface area contributed by atoms with Crippen LogP contribution >= 0.6 is 0 Å².